The predicted octanol–water partition coefficient (Wildman–Crippen LogP) is 4.07. The number of ketones is 1. The molecule has 0 unspecified atom stereocenters. The van der Waals surface area contributed by atoms with Crippen LogP contribution < -0.4 is 4.74 Å². The SMILES string of the molecule is COc1ccc(Br)c(CC2=C(C)CCCC2=O)c1. The van der Waals surface area contributed by atoms with Gasteiger partial charge in [0.1, 0.15) is 5.75 Å². The third-order valence-electron chi connectivity index (χ3n) is 3.43. The molecule has 0 radical (unpaired) electrons. The van der Waals surface area contributed by atoms with Gasteiger partial charge in [-0.15, -0.1) is 0 Å². The molecule has 0 amide bonds. The smallest absolute Gasteiger partial charge is 0.159 e. The lowest BCUT2D eigenvalue weighted by Gasteiger charge is -2.17. The molecule has 1 aliphatic carbocycles. The van der Waals surface area contributed by atoms with Gasteiger partial charge in [-0.05, 0) is 49.1 Å². The van der Waals surface area contributed by atoms with Crippen molar-refractivity contribution in [2.24, 2.45) is 0 Å². The number of ether oxygens (including phenoxy) is 1. The number of halogens is 1. The molecule has 3 heteroatoms. The number of allylic oxidation sites excluding steroid dienone is 2. The second-order valence-corrected chi connectivity index (χ2v) is 5.52. The Kier molecular flexibility index (Phi) is 4.23. The standard InChI is InChI=1S/C15H17BrO2/c1-10-4-3-5-15(17)13(10)9-11-8-12(18-2)6-7-14(11)16/h6-8H,3-5,9H2,1-2H3. The van der Waals surface area contributed by atoms with Crippen molar-refractivity contribution in [2.45, 2.75) is 32.6 Å². The van der Waals surface area contributed by atoms with E-state index in [2.05, 4.69) is 22.9 Å². The summed E-state index contributed by atoms with van der Waals surface area (Å²) in [4.78, 5) is 12.0. The summed E-state index contributed by atoms with van der Waals surface area (Å²) in [6.45, 7) is 2.07. The summed E-state index contributed by atoms with van der Waals surface area (Å²) < 4.78 is 6.26. The molecule has 0 saturated heterocycles. The maximum atomic E-state index is 12.0. The first-order valence-electron chi connectivity index (χ1n) is 6.16. The number of hydrogen-bond acceptors (Lipinski definition) is 2. The van der Waals surface area contributed by atoms with Gasteiger partial charge in [-0.25, -0.2) is 0 Å². The van der Waals surface area contributed by atoms with Crippen molar-refractivity contribution in [3.63, 3.8) is 0 Å². The summed E-state index contributed by atoms with van der Waals surface area (Å²) in [7, 11) is 1.66. The lowest BCUT2D eigenvalue weighted by molar-refractivity contribution is -0.116. The van der Waals surface area contributed by atoms with Crippen LogP contribution in [0.25, 0.3) is 0 Å². The van der Waals surface area contributed by atoms with E-state index < -0.39 is 0 Å². The van der Waals surface area contributed by atoms with Crippen molar-refractivity contribution in [2.75, 3.05) is 7.11 Å². The van der Waals surface area contributed by atoms with Crippen LogP contribution in [0.3, 0.4) is 0 Å². The summed E-state index contributed by atoms with van der Waals surface area (Å²) in [5.41, 5.74) is 3.33. The summed E-state index contributed by atoms with van der Waals surface area (Å²) in [5, 5.41) is 0. The minimum atomic E-state index is 0.300. The molecule has 0 heterocycles. The fourth-order valence-corrected chi connectivity index (χ4v) is 2.69. The second-order valence-electron chi connectivity index (χ2n) is 4.67. The molecule has 0 spiro atoms. The molecule has 0 bridgehead atoms. The van der Waals surface area contributed by atoms with Gasteiger partial charge >= 0.3 is 0 Å². The van der Waals surface area contributed by atoms with Crippen molar-refractivity contribution in [3.8, 4) is 5.75 Å². The summed E-state index contributed by atoms with van der Waals surface area (Å²) >= 11 is 3.54. The highest BCUT2D eigenvalue weighted by Gasteiger charge is 2.19. The predicted molar refractivity (Wildman–Crippen MR) is 76.0 cm³/mol. The van der Waals surface area contributed by atoms with E-state index >= 15 is 0 Å². The Bertz CT molecular complexity index is 503. The number of Topliss-reactive ketones (excluding diaryl/α,β-unsaturated/α-hetero) is 1. The Morgan fingerprint density at radius 3 is 2.78 bits per heavy atom. The van der Waals surface area contributed by atoms with Crippen LogP contribution in [-0.2, 0) is 11.2 Å². The first-order chi connectivity index (χ1) is 8.61. The van der Waals surface area contributed by atoms with E-state index in [1.807, 2.05) is 18.2 Å². The molecule has 0 saturated carbocycles. The number of benzene rings is 1. The Hall–Kier alpha value is -1.09. The summed E-state index contributed by atoms with van der Waals surface area (Å²) in [6, 6.07) is 5.88. The topological polar surface area (TPSA) is 26.3 Å². The van der Waals surface area contributed by atoms with E-state index in [1.165, 1.54) is 5.57 Å². The van der Waals surface area contributed by atoms with Crippen LogP contribution in [0, 0.1) is 0 Å². The molecule has 0 atom stereocenters. The fourth-order valence-electron chi connectivity index (χ4n) is 2.31. The Morgan fingerprint density at radius 2 is 2.11 bits per heavy atom. The highest BCUT2D eigenvalue weighted by Crippen LogP contribution is 2.29. The molecule has 0 N–H and O–H groups in total. The van der Waals surface area contributed by atoms with E-state index in [0.29, 0.717) is 18.6 Å². The third-order valence-corrected chi connectivity index (χ3v) is 4.20. The third kappa shape index (κ3) is 2.83. The van der Waals surface area contributed by atoms with Gasteiger partial charge < -0.3 is 4.74 Å². The molecular weight excluding hydrogens is 292 g/mol. The average Bonchev–Trinajstić information content (AvgIpc) is 2.36. The highest BCUT2D eigenvalue weighted by molar-refractivity contribution is 9.10. The molecule has 18 heavy (non-hydrogen) atoms. The normalized spacial score (nSPS) is 16.1. The molecule has 2 rings (SSSR count). The average molecular weight is 309 g/mol. The quantitative estimate of drug-likeness (QED) is 0.841. The molecule has 0 aromatic heterocycles. The van der Waals surface area contributed by atoms with E-state index in [4.69, 9.17) is 4.74 Å². The molecule has 0 aliphatic heterocycles. The molecule has 1 aromatic carbocycles. The molecule has 1 aromatic rings. The van der Waals surface area contributed by atoms with Crippen molar-refractivity contribution in [3.05, 3.63) is 39.4 Å². The van der Waals surface area contributed by atoms with Crippen LogP contribution in [-0.4, -0.2) is 12.9 Å². The van der Waals surface area contributed by atoms with Gasteiger partial charge in [0.15, 0.2) is 5.78 Å². The molecule has 96 valence electrons. The fraction of sp³-hybridized carbons (Fsp3) is 0.400. The first-order valence-corrected chi connectivity index (χ1v) is 6.95. The van der Waals surface area contributed by atoms with Crippen molar-refractivity contribution in [1.29, 1.82) is 0 Å². The Morgan fingerprint density at radius 1 is 1.33 bits per heavy atom. The van der Waals surface area contributed by atoms with Gasteiger partial charge in [0.2, 0.25) is 0 Å². The zero-order valence-electron chi connectivity index (χ0n) is 10.8. The molecule has 1 aliphatic rings. The number of methoxy groups -OCH3 is 1. The summed E-state index contributed by atoms with van der Waals surface area (Å²) in [5.74, 6) is 1.13. The van der Waals surface area contributed by atoms with Gasteiger partial charge in [-0.3, -0.25) is 4.79 Å². The lowest BCUT2D eigenvalue weighted by Crippen LogP contribution is -2.12. The van der Waals surface area contributed by atoms with Crippen LogP contribution in [0.4, 0.5) is 0 Å². The largest absolute Gasteiger partial charge is 0.497 e. The van der Waals surface area contributed by atoms with Crippen LogP contribution in [0.2, 0.25) is 0 Å². The van der Waals surface area contributed by atoms with Crippen LogP contribution in [0.5, 0.6) is 5.75 Å². The van der Waals surface area contributed by atoms with Gasteiger partial charge in [-0.2, -0.15) is 0 Å². The summed E-state index contributed by atoms with van der Waals surface area (Å²) in [6.07, 6.45) is 3.42. The molecule has 0 fully saturated rings. The van der Waals surface area contributed by atoms with E-state index in [9.17, 15) is 4.79 Å². The number of rotatable bonds is 3. The van der Waals surface area contributed by atoms with E-state index in [-0.39, 0.29) is 0 Å². The minimum Gasteiger partial charge on any atom is -0.497 e. The van der Waals surface area contributed by atoms with Gasteiger partial charge in [-0.1, -0.05) is 21.5 Å². The van der Waals surface area contributed by atoms with Crippen molar-refractivity contribution >= 4 is 21.7 Å². The van der Waals surface area contributed by atoms with Gasteiger partial charge in [0.05, 0.1) is 7.11 Å². The van der Waals surface area contributed by atoms with E-state index in [0.717, 1.165) is 34.2 Å². The monoisotopic (exact) mass is 308 g/mol. The zero-order chi connectivity index (χ0) is 13.1. The lowest BCUT2D eigenvalue weighted by atomic mass is 9.88. The second kappa shape index (κ2) is 5.70. The number of hydrogen-bond donors (Lipinski definition) is 0. The van der Waals surface area contributed by atoms with Crippen molar-refractivity contribution in [1.82, 2.24) is 0 Å². The van der Waals surface area contributed by atoms with Gasteiger partial charge in [0.25, 0.3) is 0 Å². The first kappa shape index (κ1) is 13.3. The zero-order valence-corrected chi connectivity index (χ0v) is 12.3. The van der Waals surface area contributed by atoms with Crippen LogP contribution in [0.15, 0.2) is 33.8 Å². The van der Waals surface area contributed by atoms with Crippen molar-refractivity contribution < 1.29 is 9.53 Å². The Labute approximate surface area is 116 Å². The number of carbonyl (C=O) groups is 1. The molecular formula is C15H17BrO2. The Balaban J connectivity index is 2.31. The maximum Gasteiger partial charge on any atom is 0.159 e. The number of carbonyl (C=O) groups excluding carboxylic acids is 1. The van der Waals surface area contributed by atoms with Crippen LogP contribution in [0.1, 0.15) is 31.7 Å². The van der Waals surface area contributed by atoms with Crippen LogP contribution >= 0.6 is 15.9 Å². The maximum absolute atomic E-state index is 12.0. The highest BCUT2D eigenvalue weighted by atomic mass is 79.9. The minimum absolute atomic E-state index is 0.300. The van der Waals surface area contributed by atoms with Gasteiger partial charge in [0, 0.05) is 17.3 Å². The molecule has 2 nitrogen and oxygen atoms in total. The van der Waals surface area contributed by atoms with E-state index in [1.54, 1.807) is 7.11 Å².